The predicted molar refractivity (Wildman–Crippen MR) is 83.5 cm³/mol. The fraction of sp³-hybridized carbons (Fsp3) is 0.529. The highest BCUT2D eigenvalue weighted by Crippen LogP contribution is 2.39. The summed E-state index contributed by atoms with van der Waals surface area (Å²) in [5.41, 5.74) is 0.390. The normalized spacial score (nSPS) is 27.4. The SMILES string of the molecule is O=C(CN1C(C(=O)O)CC2CCCCC21)Nc1cccc(F)c1. The van der Waals surface area contributed by atoms with Gasteiger partial charge in [-0.15, -0.1) is 0 Å². The van der Waals surface area contributed by atoms with E-state index in [2.05, 4.69) is 5.32 Å². The molecule has 1 aliphatic heterocycles. The average Bonchev–Trinajstić information content (AvgIpc) is 2.86. The number of nitrogens with one attached hydrogen (secondary N) is 1. The molecule has 1 aliphatic carbocycles. The van der Waals surface area contributed by atoms with Crippen molar-refractivity contribution in [1.82, 2.24) is 4.90 Å². The maximum absolute atomic E-state index is 13.2. The Balaban J connectivity index is 1.68. The first kappa shape index (κ1) is 15.9. The zero-order valence-electron chi connectivity index (χ0n) is 12.9. The second kappa shape index (κ2) is 6.66. The highest BCUT2D eigenvalue weighted by molar-refractivity contribution is 5.92. The molecule has 2 fully saturated rings. The van der Waals surface area contributed by atoms with Crippen LogP contribution in [-0.4, -0.2) is 40.5 Å². The summed E-state index contributed by atoms with van der Waals surface area (Å²) in [6, 6.07) is 5.27. The minimum absolute atomic E-state index is 0.0364. The van der Waals surface area contributed by atoms with E-state index < -0.39 is 17.8 Å². The van der Waals surface area contributed by atoms with Gasteiger partial charge in [0.05, 0.1) is 6.54 Å². The Morgan fingerprint density at radius 1 is 1.30 bits per heavy atom. The van der Waals surface area contributed by atoms with E-state index in [1.807, 2.05) is 4.90 Å². The van der Waals surface area contributed by atoms with Gasteiger partial charge in [0.25, 0.3) is 0 Å². The lowest BCUT2D eigenvalue weighted by atomic mass is 9.85. The van der Waals surface area contributed by atoms with Crippen molar-refractivity contribution >= 4 is 17.6 Å². The molecule has 0 bridgehead atoms. The molecule has 2 N–H and O–H groups in total. The third-order valence-electron chi connectivity index (χ3n) is 4.94. The van der Waals surface area contributed by atoms with Crippen molar-refractivity contribution in [3.05, 3.63) is 30.1 Å². The second-order valence-corrected chi connectivity index (χ2v) is 6.43. The molecule has 23 heavy (non-hydrogen) atoms. The number of amides is 1. The van der Waals surface area contributed by atoms with Gasteiger partial charge in [0.15, 0.2) is 0 Å². The fourth-order valence-corrected chi connectivity index (χ4v) is 3.96. The summed E-state index contributed by atoms with van der Waals surface area (Å²) in [6.07, 6.45) is 4.82. The number of fused-ring (bicyclic) bond motifs is 1. The number of carboxylic acid groups (broad SMARTS) is 1. The van der Waals surface area contributed by atoms with E-state index in [0.717, 1.165) is 25.7 Å². The molecule has 1 heterocycles. The monoisotopic (exact) mass is 320 g/mol. The maximum atomic E-state index is 13.2. The lowest BCUT2D eigenvalue weighted by molar-refractivity contribution is -0.143. The topological polar surface area (TPSA) is 69.6 Å². The molecule has 3 rings (SSSR count). The van der Waals surface area contributed by atoms with E-state index in [-0.39, 0.29) is 18.5 Å². The number of aliphatic carboxylic acids is 1. The van der Waals surface area contributed by atoms with E-state index in [0.29, 0.717) is 18.0 Å². The van der Waals surface area contributed by atoms with Gasteiger partial charge in [-0.25, -0.2) is 4.39 Å². The zero-order valence-corrected chi connectivity index (χ0v) is 12.9. The van der Waals surface area contributed by atoms with Crippen LogP contribution in [0.1, 0.15) is 32.1 Å². The summed E-state index contributed by atoms with van der Waals surface area (Å²) < 4.78 is 13.2. The summed E-state index contributed by atoms with van der Waals surface area (Å²) in [6.45, 7) is 0.0364. The molecule has 6 heteroatoms. The highest BCUT2D eigenvalue weighted by Gasteiger charge is 2.45. The van der Waals surface area contributed by atoms with Gasteiger partial charge in [0, 0.05) is 11.7 Å². The van der Waals surface area contributed by atoms with E-state index in [1.165, 1.54) is 18.2 Å². The number of halogens is 1. The van der Waals surface area contributed by atoms with E-state index >= 15 is 0 Å². The van der Waals surface area contributed by atoms with Gasteiger partial charge < -0.3 is 10.4 Å². The third kappa shape index (κ3) is 3.52. The van der Waals surface area contributed by atoms with E-state index in [4.69, 9.17) is 0 Å². The molecular formula is C17H21FN2O3. The molecular weight excluding hydrogens is 299 g/mol. The number of rotatable bonds is 4. The first-order chi connectivity index (χ1) is 11.0. The molecule has 5 nitrogen and oxygen atoms in total. The largest absolute Gasteiger partial charge is 0.480 e. The Morgan fingerprint density at radius 3 is 2.83 bits per heavy atom. The summed E-state index contributed by atoms with van der Waals surface area (Å²) in [5.74, 6) is -1.21. The van der Waals surface area contributed by atoms with Crippen molar-refractivity contribution in [2.75, 3.05) is 11.9 Å². The molecule has 0 spiro atoms. The Morgan fingerprint density at radius 2 is 2.09 bits per heavy atom. The summed E-state index contributed by atoms with van der Waals surface area (Å²) in [7, 11) is 0. The molecule has 0 aromatic heterocycles. The van der Waals surface area contributed by atoms with Crippen LogP contribution >= 0.6 is 0 Å². The van der Waals surface area contributed by atoms with Crippen LogP contribution in [0.5, 0.6) is 0 Å². The lowest BCUT2D eigenvalue weighted by Crippen LogP contribution is -2.46. The Kier molecular flexibility index (Phi) is 4.61. The second-order valence-electron chi connectivity index (χ2n) is 6.43. The number of hydrogen-bond acceptors (Lipinski definition) is 3. The summed E-state index contributed by atoms with van der Waals surface area (Å²) in [4.78, 5) is 25.6. The molecule has 3 unspecified atom stereocenters. The number of anilines is 1. The minimum Gasteiger partial charge on any atom is -0.480 e. The number of benzene rings is 1. The maximum Gasteiger partial charge on any atom is 0.320 e. The zero-order chi connectivity index (χ0) is 16.4. The number of carboxylic acids is 1. The smallest absolute Gasteiger partial charge is 0.320 e. The van der Waals surface area contributed by atoms with Crippen molar-refractivity contribution in [3.8, 4) is 0 Å². The average molecular weight is 320 g/mol. The number of hydrogen-bond donors (Lipinski definition) is 2. The number of carbonyl (C=O) groups excluding carboxylic acids is 1. The van der Waals surface area contributed by atoms with Crippen LogP contribution in [0.3, 0.4) is 0 Å². The highest BCUT2D eigenvalue weighted by atomic mass is 19.1. The molecule has 0 radical (unpaired) electrons. The molecule has 1 saturated carbocycles. The molecule has 2 aliphatic rings. The lowest BCUT2D eigenvalue weighted by Gasteiger charge is -2.32. The van der Waals surface area contributed by atoms with Gasteiger partial charge in [-0.05, 0) is 43.4 Å². The first-order valence-corrected chi connectivity index (χ1v) is 8.08. The van der Waals surface area contributed by atoms with Gasteiger partial charge in [-0.1, -0.05) is 18.9 Å². The summed E-state index contributed by atoms with van der Waals surface area (Å²) >= 11 is 0. The van der Waals surface area contributed by atoms with Gasteiger partial charge >= 0.3 is 5.97 Å². The quantitative estimate of drug-likeness (QED) is 0.894. The van der Waals surface area contributed by atoms with Crippen LogP contribution in [0.25, 0.3) is 0 Å². The fourth-order valence-electron chi connectivity index (χ4n) is 3.96. The van der Waals surface area contributed by atoms with Crippen molar-refractivity contribution in [2.45, 2.75) is 44.2 Å². The molecule has 1 aromatic rings. The van der Waals surface area contributed by atoms with Crippen LogP contribution in [0.4, 0.5) is 10.1 Å². The van der Waals surface area contributed by atoms with Crippen molar-refractivity contribution < 1.29 is 19.1 Å². The van der Waals surface area contributed by atoms with Crippen LogP contribution in [-0.2, 0) is 9.59 Å². The van der Waals surface area contributed by atoms with E-state index in [1.54, 1.807) is 6.07 Å². The van der Waals surface area contributed by atoms with Crippen LogP contribution < -0.4 is 5.32 Å². The van der Waals surface area contributed by atoms with Gasteiger partial charge in [-0.3, -0.25) is 14.5 Å². The standard InChI is InChI=1S/C17H21FN2O3/c18-12-5-3-6-13(9-12)19-16(21)10-20-14-7-2-1-4-11(14)8-15(20)17(22)23/h3,5-6,9,11,14-15H,1-2,4,7-8,10H2,(H,19,21)(H,22,23). The van der Waals surface area contributed by atoms with Crippen molar-refractivity contribution in [2.24, 2.45) is 5.92 Å². The third-order valence-corrected chi connectivity index (χ3v) is 4.94. The first-order valence-electron chi connectivity index (χ1n) is 8.08. The molecule has 3 atom stereocenters. The number of carbonyl (C=O) groups is 2. The van der Waals surface area contributed by atoms with Crippen molar-refractivity contribution in [3.63, 3.8) is 0 Å². The number of likely N-dealkylation sites (tertiary alicyclic amines) is 1. The van der Waals surface area contributed by atoms with Crippen LogP contribution in [0.2, 0.25) is 0 Å². The van der Waals surface area contributed by atoms with Crippen LogP contribution in [0.15, 0.2) is 24.3 Å². The minimum atomic E-state index is -0.863. The van der Waals surface area contributed by atoms with Crippen LogP contribution in [0, 0.1) is 11.7 Å². The molecule has 1 saturated heterocycles. The van der Waals surface area contributed by atoms with E-state index in [9.17, 15) is 19.1 Å². The predicted octanol–water partition coefficient (Wildman–Crippen LogP) is 2.48. The molecule has 124 valence electrons. The summed E-state index contributed by atoms with van der Waals surface area (Å²) in [5, 5.41) is 12.1. The van der Waals surface area contributed by atoms with Gasteiger partial charge in [0.2, 0.25) is 5.91 Å². The molecule has 1 aromatic carbocycles. The molecule has 1 amide bonds. The van der Waals surface area contributed by atoms with Gasteiger partial charge in [0.1, 0.15) is 11.9 Å². The Labute approximate surface area is 134 Å². The van der Waals surface area contributed by atoms with Gasteiger partial charge in [-0.2, -0.15) is 0 Å². The Hall–Kier alpha value is -1.95. The number of nitrogens with zero attached hydrogens (tertiary/aromatic N) is 1. The van der Waals surface area contributed by atoms with Crippen molar-refractivity contribution in [1.29, 1.82) is 0 Å². The Bertz CT molecular complexity index is 607.